The molecule has 25 heavy (non-hydrogen) atoms. The van der Waals surface area contributed by atoms with Crippen molar-refractivity contribution in [3.05, 3.63) is 46.6 Å². The molecular weight excluding hydrogens is 310 g/mol. The summed E-state index contributed by atoms with van der Waals surface area (Å²) >= 11 is 0. The van der Waals surface area contributed by atoms with E-state index in [1.54, 1.807) is 0 Å². The van der Waals surface area contributed by atoms with E-state index >= 15 is 0 Å². The lowest BCUT2D eigenvalue weighted by molar-refractivity contribution is -0.115. The van der Waals surface area contributed by atoms with Crippen LogP contribution in [0.1, 0.15) is 67.2 Å². The number of hydrogen-bond acceptors (Lipinski definition) is 2. The van der Waals surface area contributed by atoms with Gasteiger partial charge in [0.15, 0.2) is 5.96 Å². The average Bonchev–Trinajstić information content (AvgIpc) is 2.45. The second-order valence-electron chi connectivity index (χ2n) is 6.90. The summed E-state index contributed by atoms with van der Waals surface area (Å²) in [7, 11) is 0. The first kappa shape index (κ1) is 22.9. The minimum Gasteiger partial charge on any atom is -0.370 e. The molecule has 0 spiro atoms. The molecule has 0 unspecified atom stereocenters. The molecule has 0 aliphatic rings. The van der Waals surface area contributed by atoms with Crippen LogP contribution in [0.5, 0.6) is 0 Å². The Hall–Kier alpha value is -2.10. The highest BCUT2D eigenvalue weighted by atomic mass is 16.1. The highest BCUT2D eigenvalue weighted by Gasteiger charge is 1.98. The predicted octanol–water partition coefficient (Wildman–Crippen LogP) is 4.80. The summed E-state index contributed by atoms with van der Waals surface area (Å²) in [5.41, 5.74) is 10.7. The van der Waals surface area contributed by atoms with Gasteiger partial charge >= 0.3 is 0 Å². The third-order valence-electron chi connectivity index (χ3n) is 3.50. The molecule has 3 N–H and O–H groups in total. The van der Waals surface area contributed by atoms with E-state index in [0.717, 1.165) is 31.3 Å². The number of nitrogens with zero attached hydrogens (tertiary/aromatic N) is 1. The zero-order valence-corrected chi connectivity index (χ0v) is 16.8. The van der Waals surface area contributed by atoms with E-state index in [1.165, 1.54) is 22.8 Å². The Morgan fingerprint density at radius 1 is 0.880 bits per heavy atom. The maximum Gasteiger partial charge on any atom is 0.250 e. The maximum absolute atomic E-state index is 11.5. The molecule has 0 aromatic heterocycles. The topological polar surface area (TPSA) is 67.5 Å². The van der Waals surface area contributed by atoms with Gasteiger partial charge < -0.3 is 5.73 Å². The molecule has 0 saturated carbocycles. The van der Waals surface area contributed by atoms with Crippen molar-refractivity contribution in [1.82, 2.24) is 5.32 Å². The normalized spacial score (nSPS) is 12.6. The van der Waals surface area contributed by atoms with E-state index in [1.807, 2.05) is 19.9 Å². The first-order valence-electron chi connectivity index (χ1n) is 8.91. The molecule has 0 aliphatic carbocycles. The smallest absolute Gasteiger partial charge is 0.250 e. The molecule has 0 saturated heterocycles. The Labute approximate surface area is 153 Å². The standard InChI is InChI=1S/C21H35N3O/c1-16(2)9-7-10-18(5)11-8-12-19(6)13-14-23-21(22)24-20(25)15-17(3)4/h9,11,13,15H,7-8,10,12,14H2,1-6H3,(H3,22,23,24,25)/b18-11+,19-13+. The van der Waals surface area contributed by atoms with E-state index in [-0.39, 0.29) is 11.9 Å². The van der Waals surface area contributed by atoms with Crippen molar-refractivity contribution < 1.29 is 4.79 Å². The predicted molar refractivity (Wildman–Crippen MR) is 109 cm³/mol. The molecule has 4 nitrogen and oxygen atoms in total. The monoisotopic (exact) mass is 345 g/mol. The molecule has 0 aromatic rings. The molecule has 0 aliphatic heterocycles. The van der Waals surface area contributed by atoms with Crippen molar-refractivity contribution in [3.8, 4) is 0 Å². The third kappa shape index (κ3) is 15.2. The number of hydrogen-bond donors (Lipinski definition) is 2. The number of carbonyl (C=O) groups excluding carboxylic acids is 1. The zero-order chi connectivity index (χ0) is 19.2. The SMILES string of the molecule is CC(C)=CCC/C(C)=C/CC/C(C)=C/CN=C(N)NC(=O)C=C(C)C. The van der Waals surface area contributed by atoms with Crippen molar-refractivity contribution in [1.29, 1.82) is 0 Å². The van der Waals surface area contributed by atoms with Gasteiger partial charge in [0, 0.05) is 6.08 Å². The molecule has 0 rings (SSSR count). The van der Waals surface area contributed by atoms with Crippen molar-refractivity contribution in [2.75, 3.05) is 6.54 Å². The number of guanidine groups is 1. The lowest BCUT2D eigenvalue weighted by Gasteiger charge is -2.02. The molecule has 0 radical (unpaired) electrons. The van der Waals surface area contributed by atoms with Crippen molar-refractivity contribution in [3.63, 3.8) is 0 Å². The van der Waals surface area contributed by atoms with Crippen LogP contribution in [0.15, 0.2) is 51.6 Å². The minimum atomic E-state index is -0.240. The van der Waals surface area contributed by atoms with Crippen LogP contribution in [-0.4, -0.2) is 18.4 Å². The Bertz CT molecular complexity index is 570. The number of rotatable bonds is 9. The van der Waals surface area contributed by atoms with Crippen LogP contribution in [0.2, 0.25) is 0 Å². The molecule has 0 atom stereocenters. The van der Waals surface area contributed by atoms with E-state index in [0.29, 0.717) is 6.54 Å². The fourth-order valence-electron chi connectivity index (χ4n) is 2.10. The number of allylic oxidation sites excluding steroid dienone is 6. The van der Waals surface area contributed by atoms with Crippen molar-refractivity contribution in [2.24, 2.45) is 10.7 Å². The minimum absolute atomic E-state index is 0.154. The zero-order valence-electron chi connectivity index (χ0n) is 16.8. The van der Waals surface area contributed by atoms with Crippen LogP contribution in [0.3, 0.4) is 0 Å². The first-order valence-corrected chi connectivity index (χ1v) is 8.91. The van der Waals surface area contributed by atoms with Crippen LogP contribution in [0.25, 0.3) is 0 Å². The Morgan fingerprint density at radius 2 is 1.44 bits per heavy atom. The summed E-state index contributed by atoms with van der Waals surface area (Å²) in [6, 6.07) is 0. The van der Waals surface area contributed by atoms with Gasteiger partial charge in [-0.2, -0.15) is 0 Å². The number of amides is 1. The summed E-state index contributed by atoms with van der Waals surface area (Å²) in [5, 5.41) is 2.54. The quantitative estimate of drug-likeness (QED) is 0.273. The number of nitrogens with one attached hydrogen (secondary N) is 1. The molecule has 0 heterocycles. The van der Waals surface area contributed by atoms with Crippen LogP contribution in [0.4, 0.5) is 0 Å². The van der Waals surface area contributed by atoms with Crippen LogP contribution in [0, 0.1) is 0 Å². The second kappa shape index (κ2) is 13.2. The molecular formula is C21H35N3O. The van der Waals surface area contributed by atoms with Gasteiger partial charge in [-0.3, -0.25) is 10.1 Å². The Morgan fingerprint density at radius 3 is 2.00 bits per heavy atom. The average molecular weight is 346 g/mol. The number of aliphatic imine (C=N–C) groups is 1. The van der Waals surface area contributed by atoms with Gasteiger partial charge in [-0.15, -0.1) is 0 Å². The highest BCUT2D eigenvalue weighted by molar-refractivity contribution is 6.01. The Kier molecular flexibility index (Phi) is 12.1. The summed E-state index contributed by atoms with van der Waals surface area (Å²) in [4.78, 5) is 15.7. The summed E-state index contributed by atoms with van der Waals surface area (Å²) < 4.78 is 0. The fraction of sp³-hybridized carbons (Fsp3) is 0.524. The van der Waals surface area contributed by atoms with Crippen molar-refractivity contribution >= 4 is 11.9 Å². The summed E-state index contributed by atoms with van der Waals surface area (Å²) in [6.07, 6.45) is 12.4. The molecule has 0 aromatic carbocycles. The maximum atomic E-state index is 11.5. The summed E-state index contributed by atoms with van der Waals surface area (Å²) in [5.74, 6) is -0.0859. The van der Waals surface area contributed by atoms with E-state index in [9.17, 15) is 4.79 Å². The van der Waals surface area contributed by atoms with Crippen LogP contribution >= 0.6 is 0 Å². The van der Waals surface area contributed by atoms with Gasteiger partial charge in [-0.05, 0) is 67.2 Å². The van der Waals surface area contributed by atoms with Gasteiger partial charge in [0.1, 0.15) is 0 Å². The number of nitrogens with two attached hydrogens (primary N) is 1. The molecule has 4 heteroatoms. The molecule has 0 bridgehead atoms. The van der Waals surface area contributed by atoms with Gasteiger partial charge in [0.05, 0.1) is 6.54 Å². The third-order valence-corrected chi connectivity index (χ3v) is 3.50. The molecule has 1 amide bonds. The van der Waals surface area contributed by atoms with E-state index < -0.39 is 0 Å². The highest BCUT2D eigenvalue weighted by Crippen LogP contribution is 2.11. The van der Waals surface area contributed by atoms with Gasteiger partial charge in [0.25, 0.3) is 5.91 Å². The largest absolute Gasteiger partial charge is 0.370 e. The van der Waals surface area contributed by atoms with E-state index in [2.05, 4.69) is 50.2 Å². The lowest BCUT2D eigenvalue weighted by Crippen LogP contribution is -2.35. The fourth-order valence-corrected chi connectivity index (χ4v) is 2.10. The van der Waals surface area contributed by atoms with Gasteiger partial charge in [-0.25, -0.2) is 4.99 Å². The van der Waals surface area contributed by atoms with Gasteiger partial charge in [-0.1, -0.05) is 40.5 Å². The number of carbonyl (C=O) groups is 1. The molecule has 0 fully saturated rings. The van der Waals surface area contributed by atoms with Crippen LogP contribution < -0.4 is 11.1 Å². The summed E-state index contributed by atoms with van der Waals surface area (Å²) in [6.45, 7) is 12.8. The second-order valence-corrected chi connectivity index (χ2v) is 6.90. The van der Waals surface area contributed by atoms with Gasteiger partial charge in [0.2, 0.25) is 0 Å². The van der Waals surface area contributed by atoms with Crippen LogP contribution in [-0.2, 0) is 4.79 Å². The van der Waals surface area contributed by atoms with E-state index in [4.69, 9.17) is 5.73 Å². The molecule has 140 valence electrons. The van der Waals surface area contributed by atoms with Crippen molar-refractivity contribution in [2.45, 2.75) is 67.2 Å². The first-order chi connectivity index (χ1) is 11.7. The Balaban J connectivity index is 4.20. The lowest BCUT2D eigenvalue weighted by atomic mass is 10.1.